The first kappa shape index (κ1) is 20.2. The van der Waals surface area contributed by atoms with Gasteiger partial charge in [-0.2, -0.15) is 0 Å². The topological polar surface area (TPSA) is 86.0 Å². The van der Waals surface area contributed by atoms with Gasteiger partial charge in [-0.25, -0.2) is 0 Å². The summed E-state index contributed by atoms with van der Waals surface area (Å²) in [7, 11) is 0. The minimum absolute atomic E-state index is 0.138. The maximum absolute atomic E-state index is 13.0. The molecule has 0 bridgehead atoms. The number of benzene rings is 2. The summed E-state index contributed by atoms with van der Waals surface area (Å²) in [6.07, 6.45) is 3.83. The quantitative estimate of drug-likeness (QED) is 0.488. The predicted molar refractivity (Wildman–Crippen MR) is 118 cm³/mol. The van der Waals surface area contributed by atoms with Crippen molar-refractivity contribution in [2.45, 2.75) is 44.8 Å². The first-order valence-corrected chi connectivity index (χ1v) is 10.6. The fourth-order valence-electron chi connectivity index (χ4n) is 4.01. The van der Waals surface area contributed by atoms with Crippen LogP contribution in [0.25, 0.3) is 10.9 Å². The number of carbonyl (C=O) groups is 2. The molecule has 2 amide bonds. The molecule has 1 aliphatic rings. The van der Waals surface area contributed by atoms with Gasteiger partial charge >= 0.3 is 0 Å². The number of hydrogen-bond acceptors (Lipinski definition) is 3. The van der Waals surface area contributed by atoms with E-state index in [1.54, 1.807) is 0 Å². The zero-order valence-electron chi connectivity index (χ0n) is 17.2. The SMILES string of the molecule is CCCNC(=O)[C@@H](Cc1c[nH]c2ccccc12)NC(=O)[C@H]1Cc2ccccc2CN1. The van der Waals surface area contributed by atoms with Gasteiger partial charge in [0.1, 0.15) is 6.04 Å². The Labute approximate surface area is 176 Å². The standard InChI is InChI=1S/C24H28N4O2/c1-2-11-25-23(29)22(13-18-15-26-20-10-6-5-9-19(18)20)28-24(30)21-12-16-7-3-4-8-17(16)14-27-21/h3-10,15,21-22,26-27H,2,11-14H2,1H3,(H,25,29)(H,28,30)/t21-,22-/m1/s1. The molecule has 30 heavy (non-hydrogen) atoms. The van der Waals surface area contributed by atoms with Crippen LogP contribution >= 0.6 is 0 Å². The molecule has 2 atom stereocenters. The van der Waals surface area contributed by atoms with Gasteiger partial charge in [0.25, 0.3) is 0 Å². The third-order valence-corrected chi connectivity index (χ3v) is 5.68. The number of nitrogens with one attached hydrogen (secondary N) is 4. The second-order valence-electron chi connectivity index (χ2n) is 7.82. The van der Waals surface area contributed by atoms with Crippen molar-refractivity contribution in [3.05, 3.63) is 71.4 Å². The largest absolute Gasteiger partial charge is 0.361 e. The normalized spacial score (nSPS) is 16.6. The zero-order chi connectivity index (χ0) is 20.9. The number of H-pyrrole nitrogens is 1. The maximum Gasteiger partial charge on any atom is 0.242 e. The highest BCUT2D eigenvalue weighted by molar-refractivity contribution is 5.91. The van der Waals surface area contributed by atoms with Gasteiger partial charge in [-0.05, 0) is 35.6 Å². The van der Waals surface area contributed by atoms with Crippen molar-refractivity contribution in [2.24, 2.45) is 0 Å². The second kappa shape index (κ2) is 9.13. The molecule has 0 aliphatic carbocycles. The van der Waals surface area contributed by atoms with Crippen molar-refractivity contribution >= 4 is 22.7 Å². The monoisotopic (exact) mass is 404 g/mol. The summed E-state index contributed by atoms with van der Waals surface area (Å²) in [6, 6.07) is 15.2. The van der Waals surface area contributed by atoms with E-state index in [-0.39, 0.29) is 17.9 Å². The Morgan fingerprint density at radius 3 is 2.70 bits per heavy atom. The van der Waals surface area contributed by atoms with Crippen LogP contribution in [-0.2, 0) is 29.0 Å². The first-order chi connectivity index (χ1) is 14.7. The first-order valence-electron chi connectivity index (χ1n) is 10.6. The summed E-state index contributed by atoms with van der Waals surface area (Å²) in [4.78, 5) is 29.1. The average molecular weight is 405 g/mol. The lowest BCUT2D eigenvalue weighted by molar-refractivity contribution is -0.130. The summed E-state index contributed by atoms with van der Waals surface area (Å²) < 4.78 is 0. The molecule has 3 aromatic rings. The summed E-state index contributed by atoms with van der Waals surface area (Å²) in [5.74, 6) is -0.285. The molecule has 2 aromatic carbocycles. The van der Waals surface area contributed by atoms with Crippen LogP contribution in [0.4, 0.5) is 0 Å². The van der Waals surface area contributed by atoms with Crippen molar-refractivity contribution in [1.29, 1.82) is 0 Å². The van der Waals surface area contributed by atoms with E-state index in [0.717, 1.165) is 22.9 Å². The van der Waals surface area contributed by atoms with Crippen LogP contribution in [0.1, 0.15) is 30.0 Å². The highest BCUT2D eigenvalue weighted by atomic mass is 16.2. The van der Waals surface area contributed by atoms with Crippen molar-refractivity contribution in [1.82, 2.24) is 20.9 Å². The van der Waals surface area contributed by atoms with E-state index < -0.39 is 6.04 Å². The van der Waals surface area contributed by atoms with E-state index in [1.165, 1.54) is 11.1 Å². The van der Waals surface area contributed by atoms with Gasteiger partial charge in [0, 0.05) is 36.6 Å². The van der Waals surface area contributed by atoms with Gasteiger partial charge in [0.15, 0.2) is 0 Å². The summed E-state index contributed by atoms with van der Waals surface area (Å²) in [5, 5.41) is 10.3. The molecular weight excluding hydrogens is 376 g/mol. The average Bonchev–Trinajstić information content (AvgIpc) is 3.19. The van der Waals surface area contributed by atoms with Gasteiger partial charge in [-0.3, -0.25) is 9.59 Å². The number of para-hydroxylation sites is 1. The Morgan fingerprint density at radius 1 is 1.10 bits per heavy atom. The number of aromatic amines is 1. The van der Waals surface area contributed by atoms with Gasteiger partial charge in [0.05, 0.1) is 6.04 Å². The van der Waals surface area contributed by atoms with E-state index in [1.807, 2.05) is 49.5 Å². The Kier molecular flexibility index (Phi) is 6.14. The van der Waals surface area contributed by atoms with E-state index >= 15 is 0 Å². The van der Waals surface area contributed by atoms with Crippen LogP contribution in [-0.4, -0.2) is 35.4 Å². The van der Waals surface area contributed by atoms with E-state index in [9.17, 15) is 9.59 Å². The van der Waals surface area contributed by atoms with Crippen molar-refractivity contribution in [3.63, 3.8) is 0 Å². The Morgan fingerprint density at radius 2 is 1.87 bits per heavy atom. The third kappa shape index (κ3) is 4.39. The van der Waals surface area contributed by atoms with Gasteiger partial charge in [-0.15, -0.1) is 0 Å². The molecule has 4 N–H and O–H groups in total. The van der Waals surface area contributed by atoms with Crippen molar-refractivity contribution in [3.8, 4) is 0 Å². The molecule has 0 spiro atoms. The summed E-state index contributed by atoms with van der Waals surface area (Å²) >= 11 is 0. The lowest BCUT2D eigenvalue weighted by Gasteiger charge is -2.27. The minimum Gasteiger partial charge on any atom is -0.361 e. The lowest BCUT2D eigenvalue weighted by Crippen LogP contribution is -2.55. The predicted octanol–water partition coefficient (Wildman–Crippen LogP) is 2.44. The lowest BCUT2D eigenvalue weighted by atomic mass is 9.95. The van der Waals surface area contributed by atoms with E-state index in [4.69, 9.17) is 0 Å². The Balaban J connectivity index is 1.50. The van der Waals surface area contributed by atoms with Gasteiger partial charge in [0.2, 0.25) is 11.8 Å². The molecule has 0 saturated heterocycles. The molecular formula is C24H28N4O2. The van der Waals surface area contributed by atoms with Crippen LogP contribution in [0.5, 0.6) is 0 Å². The molecule has 156 valence electrons. The van der Waals surface area contributed by atoms with Gasteiger partial charge in [-0.1, -0.05) is 49.4 Å². The number of carbonyl (C=O) groups excluding carboxylic acids is 2. The Bertz CT molecular complexity index is 1040. The fraction of sp³-hybridized carbons (Fsp3) is 0.333. The number of amides is 2. The second-order valence-corrected chi connectivity index (χ2v) is 7.82. The number of hydrogen-bond donors (Lipinski definition) is 4. The van der Waals surface area contributed by atoms with Crippen LogP contribution in [0.2, 0.25) is 0 Å². The van der Waals surface area contributed by atoms with E-state index in [2.05, 4.69) is 33.1 Å². The molecule has 1 aliphatic heterocycles. The van der Waals surface area contributed by atoms with Crippen LogP contribution < -0.4 is 16.0 Å². The molecule has 1 aromatic heterocycles. The molecule has 6 heteroatoms. The Hall–Kier alpha value is -3.12. The van der Waals surface area contributed by atoms with Crippen LogP contribution in [0.15, 0.2) is 54.7 Å². The highest BCUT2D eigenvalue weighted by Crippen LogP contribution is 2.20. The molecule has 0 unspecified atom stereocenters. The molecule has 2 heterocycles. The van der Waals surface area contributed by atoms with Gasteiger partial charge < -0.3 is 20.9 Å². The van der Waals surface area contributed by atoms with Crippen LogP contribution in [0, 0.1) is 0 Å². The van der Waals surface area contributed by atoms with E-state index in [0.29, 0.717) is 25.9 Å². The number of aromatic nitrogens is 1. The minimum atomic E-state index is -0.623. The highest BCUT2D eigenvalue weighted by Gasteiger charge is 2.28. The molecule has 4 rings (SSSR count). The smallest absolute Gasteiger partial charge is 0.242 e. The molecule has 0 fully saturated rings. The number of fused-ring (bicyclic) bond motifs is 2. The zero-order valence-corrected chi connectivity index (χ0v) is 17.2. The number of rotatable bonds is 7. The fourth-order valence-corrected chi connectivity index (χ4v) is 4.01. The molecule has 0 saturated carbocycles. The van der Waals surface area contributed by atoms with Crippen molar-refractivity contribution < 1.29 is 9.59 Å². The molecule has 0 radical (unpaired) electrons. The van der Waals surface area contributed by atoms with Crippen LogP contribution in [0.3, 0.4) is 0 Å². The van der Waals surface area contributed by atoms with Crippen molar-refractivity contribution in [2.75, 3.05) is 6.54 Å². The third-order valence-electron chi connectivity index (χ3n) is 5.68. The summed E-state index contributed by atoms with van der Waals surface area (Å²) in [6.45, 7) is 3.26. The summed E-state index contributed by atoms with van der Waals surface area (Å²) in [5.41, 5.74) is 4.44. The molecule has 6 nitrogen and oxygen atoms in total. The maximum atomic E-state index is 13.0.